The van der Waals surface area contributed by atoms with Gasteiger partial charge in [-0.05, 0) is 63.5 Å². The van der Waals surface area contributed by atoms with E-state index in [1.54, 1.807) is 18.3 Å². The van der Waals surface area contributed by atoms with E-state index in [1.807, 2.05) is 23.6 Å². The number of thiophene rings is 1. The summed E-state index contributed by atoms with van der Waals surface area (Å²) in [6.45, 7) is 6.66. The van der Waals surface area contributed by atoms with Crippen molar-refractivity contribution in [2.75, 3.05) is 19.7 Å². The molecule has 0 amide bonds. The van der Waals surface area contributed by atoms with Crippen LogP contribution in [0.3, 0.4) is 0 Å². The molecule has 7 nitrogen and oxygen atoms in total. The van der Waals surface area contributed by atoms with Crippen LogP contribution in [0, 0.1) is 0 Å². The molecule has 0 unspecified atom stereocenters. The fourth-order valence-electron chi connectivity index (χ4n) is 5.19. The number of hydrogen-bond acceptors (Lipinski definition) is 7. The highest BCUT2D eigenvalue weighted by atomic mass is 32.1. The number of fused-ring (bicyclic) bond motifs is 1. The lowest BCUT2D eigenvalue weighted by Crippen LogP contribution is -2.35. The van der Waals surface area contributed by atoms with E-state index in [-0.39, 0.29) is 5.78 Å². The number of aromatic nitrogens is 3. The van der Waals surface area contributed by atoms with Crippen LogP contribution in [-0.4, -0.2) is 51.0 Å². The zero-order valence-corrected chi connectivity index (χ0v) is 22.0. The van der Waals surface area contributed by atoms with Gasteiger partial charge >= 0.3 is 0 Å². The molecule has 2 fully saturated rings. The number of para-hydroxylation sites is 2. The average molecular weight is 517 g/mol. The number of imidazole rings is 1. The zero-order valence-electron chi connectivity index (χ0n) is 21.1. The average Bonchev–Trinajstić information content (AvgIpc) is 3.50. The Balaban J connectivity index is 1.07. The molecule has 0 bridgehead atoms. The summed E-state index contributed by atoms with van der Waals surface area (Å²) in [4.78, 5) is 24.9. The maximum atomic E-state index is 11.5. The second kappa shape index (κ2) is 10.7. The molecule has 5 heterocycles. The molecule has 0 N–H and O–H groups in total. The SMILES string of the molecule is CC(=O)c1csc(COc2cccc(C3CCN(Cc4nc5ccccc5n4C[C@@H]4CCO4)CC3)n2)c1. The van der Waals surface area contributed by atoms with Crippen LogP contribution >= 0.6 is 11.3 Å². The van der Waals surface area contributed by atoms with E-state index in [0.717, 1.165) is 79.5 Å². The maximum Gasteiger partial charge on any atom is 0.213 e. The summed E-state index contributed by atoms with van der Waals surface area (Å²) in [5.74, 6) is 2.28. The van der Waals surface area contributed by atoms with Crippen LogP contribution in [0.4, 0.5) is 0 Å². The number of ether oxygens (including phenoxy) is 2. The van der Waals surface area contributed by atoms with Gasteiger partial charge < -0.3 is 14.0 Å². The third-order valence-electron chi connectivity index (χ3n) is 7.45. The molecule has 2 aliphatic rings. The van der Waals surface area contributed by atoms with Gasteiger partial charge in [0, 0.05) is 40.1 Å². The number of nitrogens with zero attached hydrogens (tertiary/aromatic N) is 4. The summed E-state index contributed by atoms with van der Waals surface area (Å²) in [7, 11) is 0. The fourth-order valence-corrected chi connectivity index (χ4v) is 6.03. The first-order chi connectivity index (χ1) is 18.1. The Hall–Kier alpha value is -3.07. The zero-order chi connectivity index (χ0) is 25.2. The predicted molar refractivity (Wildman–Crippen MR) is 144 cm³/mol. The molecule has 0 spiro atoms. The molecule has 37 heavy (non-hydrogen) atoms. The second-order valence-corrected chi connectivity index (χ2v) is 11.0. The Kier molecular flexibility index (Phi) is 7.04. The van der Waals surface area contributed by atoms with Crippen molar-refractivity contribution in [2.45, 2.75) is 57.9 Å². The van der Waals surface area contributed by atoms with E-state index in [1.165, 1.54) is 5.52 Å². The minimum atomic E-state index is 0.0820. The maximum absolute atomic E-state index is 11.5. The van der Waals surface area contributed by atoms with Gasteiger partial charge in [-0.15, -0.1) is 11.3 Å². The van der Waals surface area contributed by atoms with Crippen molar-refractivity contribution in [1.82, 2.24) is 19.4 Å². The standard InChI is InChI=1S/C29H32N4O3S/c1-20(34)22-15-24(37-19-22)18-36-29-8-4-6-25(31-29)21-9-12-32(13-10-21)17-28-30-26-5-2-3-7-27(26)33(28)16-23-11-14-35-23/h2-8,15,19,21,23H,9-14,16-18H2,1H3/t23-/m0/s1. The van der Waals surface area contributed by atoms with Gasteiger partial charge in [0.15, 0.2) is 5.78 Å². The molecule has 6 rings (SSSR count). The van der Waals surface area contributed by atoms with Crippen LogP contribution in [0.15, 0.2) is 53.9 Å². The highest BCUT2D eigenvalue weighted by Gasteiger charge is 2.25. The van der Waals surface area contributed by atoms with E-state index < -0.39 is 0 Å². The van der Waals surface area contributed by atoms with Gasteiger partial charge in [0.25, 0.3) is 0 Å². The molecule has 1 aromatic carbocycles. The molecule has 8 heteroatoms. The molecular weight excluding hydrogens is 484 g/mol. The van der Waals surface area contributed by atoms with Gasteiger partial charge in [-0.2, -0.15) is 0 Å². The summed E-state index contributed by atoms with van der Waals surface area (Å²) < 4.78 is 14.1. The fraction of sp³-hybridized carbons (Fsp3) is 0.414. The molecule has 0 saturated carbocycles. The van der Waals surface area contributed by atoms with Crippen molar-refractivity contribution >= 4 is 28.2 Å². The third-order valence-corrected chi connectivity index (χ3v) is 8.36. The highest BCUT2D eigenvalue weighted by Crippen LogP contribution is 2.30. The molecule has 3 aromatic heterocycles. The van der Waals surface area contributed by atoms with Gasteiger partial charge in [0.05, 0.1) is 30.2 Å². The summed E-state index contributed by atoms with van der Waals surface area (Å²) in [6, 6.07) is 16.4. The number of carbonyl (C=O) groups is 1. The van der Waals surface area contributed by atoms with Crippen LogP contribution in [-0.2, 0) is 24.4 Å². The van der Waals surface area contributed by atoms with Crippen molar-refractivity contribution in [3.05, 3.63) is 75.9 Å². The largest absolute Gasteiger partial charge is 0.472 e. The van der Waals surface area contributed by atoms with Crippen LogP contribution in [0.1, 0.15) is 58.9 Å². The first kappa shape index (κ1) is 24.3. The number of piperidine rings is 1. The summed E-state index contributed by atoms with van der Waals surface area (Å²) >= 11 is 1.55. The number of carbonyl (C=O) groups excluding carboxylic acids is 1. The summed E-state index contributed by atoms with van der Waals surface area (Å²) in [5.41, 5.74) is 4.10. The number of pyridine rings is 1. The normalized spacial score (nSPS) is 18.7. The minimum Gasteiger partial charge on any atom is -0.472 e. The molecule has 0 radical (unpaired) electrons. The Morgan fingerprint density at radius 2 is 1.95 bits per heavy atom. The van der Waals surface area contributed by atoms with Crippen LogP contribution in [0.25, 0.3) is 11.0 Å². The van der Waals surface area contributed by atoms with E-state index in [0.29, 0.717) is 24.5 Å². The minimum absolute atomic E-state index is 0.0820. The molecule has 192 valence electrons. The van der Waals surface area contributed by atoms with Gasteiger partial charge in [-0.1, -0.05) is 18.2 Å². The number of ketones is 1. The predicted octanol–water partition coefficient (Wildman–Crippen LogP) is 5.44. The Bertz CT molecular complexity index is 1380. The van der Waals surface area contributed by atoms with Gasteiger partial charge in [0.1, 0.15) is 12.4 Å². The quantitative estimate of drug-likeness (QED) is 0.276. The monoisotopic (exact) mass is 516 g/mol. The molecule has 4 aromatic rings. The first-order valence-electron chi connectivity index (χ1n) is 13.1. The van der Waals surface area contributed by atoms with Gasteiger partial charge in [-0.3, -0.25) is 9.69 Å². The summed E-state index contributed by atoms with van der Waals surface area (Å²) in [5, 5.41) is 1.88. The summed E-state index contributed by atoms with van der Waals surface area (Å²) in [6.07, 6.45) is 3.56. The molecule has 2 aliphatic heterocycles. The molecule has 0 aliphatic carbocycles. The van der Waals surface area contributed by atoms with Crippen LogP contribution in [0.5, 0.6) is 5.88 Å². The van der Waals surface area contributed by atoms with Gasteiger partial charge in [-0.25, -0.2) is 9.97 Å². The molecular formula is C29H32N4O3S. The lowest BCUT2D eigenvalue weighted by molar-refractivity contribution is -0.0592. The number of likely N-dealkylation sites (tertiary alicyclic amines) is 1. The smallest absolute Gasteiger partial charge is 0.213 e. The second-order valence-electron chi connectivity index (χ2n) is 10.0. The lowest BCUT2D eigenvalue weighted by atomic mass is 9.93. The van der Waals surface area contributed by atoms with Crippen molar-refractivity contribution in [1.29, 1.82) is 0 Å². The molecule has 1 atom stereocenters. The number of rotatable bonds is 9. The lowest BCUT2D eigenvalue weighted by Gasteiger charge is -2.32. The van der Waals surface area contributed by atoms with Crippen molar-refractivity contribution in [3.8, 4) is 5.88 Å². The molecule has 2 saturated heterocycles. The van der Waals surface area contributed by atoms with Crippen LogP contribution < -0.4 is 4.74 Å². The van der Waals surface area contributed by atoms with Crippen molar-refractivity contribution in [2.24, 2.45) is 0 Å². The van der Waals surface area contributed by atoms with E-state index >= 15 is 0 Å². The van der Waals surface area contributed by atoms with E-state index in [2.05, 4.69) is 39.8 Å². The van der Waals surface area contributed by atoms with Crippen molar-refractivity contribution in [3.63, 3.8) is 0 Å². The topological polar surface area (TPSA) is 69.5 Å². The first-order valence-corrected chi connectivity index (χ1v) is 14.0. The number of Topliss-reactive ketones (excluding diaryl/α,β-unsaturated/α-hetero) is 1. The number of hydrogen-bond donors (Lipinski definition) is 0. The van der Waals surface area contributed by atoms with Crippen LogP contribution in [0.2, 0.25) is 0 Å². The third kappa shape index (κ3) is 5.46. The highest BCUT2D eigenvalue weighted by molar-refractivity contribution is 7.10. The van der Waals surface area contributed by atoms with E-state index in [4.69, 9.17) is 19.4 Å². The Labute approximate surface area is 221 Å². The van der Waals surface area contributed by atoms with Crippen molar-refractivity contribution < 1.29 is 14.3 Å². The Morgan fingerprint density at radius 3 is 2.70 bits per heavy atom. The Morgan fingerprint density at radius 1 is 1.11 bits per heavy atom. The van der Waals surface area contributed by atoms with E-state index in [9.17, 15) is 4.79 Å². The number of benzene rings is 1. The van der Waals surface area contributed by atoms with Gasteiger partial charge in [0.2, 0.25) is 5.88 Å².